The first-order chi connectivity index (χ1) is 28.5. The highest BCUT2D eigenvalue weighted by Crippen LogP contribution is 2.14. The fourth-order valence-corrected chi connectivity index (χ4v) is 7.18. The van der Waals surface area contributed by atoms with Gasteiger partial charge in [-0.05, 0) is 96.3 Å². The molecule has 0 bridgehead atoms. The first-order valence-corrected chi connectivity index (χ1v) is 24.9. The van der Waals surface area contributed by atoms with Crippen molar-refractivity contribution in [1.29, 1.82) is 0 Å². The molecule has 2 atom stereocenters. The van der Waals surface area contributed by atoms with Gasteiger partial charge >= 0.3 is 5.97 Å². The number of unbranched alkanes of at least 4 members (excludes halogenated alkanes) is 28. The van der Waals surface area contributed by atoms with Crippen LogP contribution in [0, 0.1) is 0 Å². The van der Waals surface area contributed by atoms with Crippen molar-refractivity contribution in [3.63, 3.8) is 0 Å². The number of allylic oxidation sites excluding steroid dienone is 7. The Kier molecular flexibility index (Phi) is 45.7. The molecule has 338 valence electrons. The second-order valence-corrected chi connectivity index (χ2v) is 16.8. The molecule has 6 heteroatoms. The topological polar surface area (TPSA) is 95.9 Å². The fourth-order valence-electron chi connectivity index (χ4n) is 7.18. The molecule has 58 heavy (non-hydrogen) atoms. The summed E-state index contributed by atoms with van der Waals surface area (Å²) in [6.45, 7) is 4.80. The monoisotopic (exact) mass is 814 g/mol. The summed E-state index contributed by atoms with van der Waals surface area (Å²) in [7, 11) is 0. The van der Waals surface area contributed by atoms with Crippen LogP contribution in [0.4, 0.5) is 0 Å². The average molecular weight is 814 g/mol. The van der Waals surface area contributed by atoms with Crippen molar-refractivity contribution in [2.24, 2.45) is 0 Å². The SMILES string of the molecule is CCCCCC/C=C\C/C=C\CCCCCCCC(=O)OCCCCC/C=C\CCCCCCCC(=O)NC(CO)C(O)/C=C/CCCCCCCCCCCCC. The Bertz CT molecular complexity index is 988. The molecule has 0 aromatic carbocycles. The van der Waals surface area contributed by atoms with Crippen molar-refractivity contribution >= 4 is 11.9 Å². The average Bonchev–Trinajstić information content (AvgIpc) is 3.22. The summed E-state index contributed by atoms with van der Waals surface area (Å²) < 4.78 is 5.43. The van der Waals surface area contributed by atoms with Crippen molar-refractivity contribution in [2.45, 2.75) is 257 Å². The molecule has 0 aliphatic heterocycles. The molecule has 0 fully saturated rings. The number of rotatable bonds is 45. The van der Waals surface area contributed by atoms with E-state index < -0.39 is 12.1 Å². The van der Waals surface area contributed by atoms with Crippen LogP contribution >= 0.6 is 0 Å². The van der Waals surface area contributed by atoms with Crippen molar-refractivity contribution in [3.05, 3.63) is 48.6 Å². The van der Waals surface area contributed by atoms with Crippen LogP contribution in [-0.2, 0) is 14.3 Å². The van der Waals surface area contributed by atoms with Crippen LogP contribution in [0.2, 0.25) is 0 Å². The summed E-state index contributed by atoms with van der Waals surface area (Å²) in [6.07, 6.45) is 58.2. The third-order valence-corrected chi connectivity index (χ3v) is 11.1. The molecule has 0 radical (unpaired) electrons. The zero-order chi connectivity index (χ0) is 42.3. The van der Waals surface area contributed by atoms with Gasteiger partial charge in [0, 0.05) is 12.8 Å². The maximum atomic E-state index is 12.4. The van der Waals surface area contributed by atoms with Crippen molar-refractivity contribution in [2.75, 3.05) is 13.2 Å². The summed E-state index contributed by atoms with van der Waals surface area (Å²) in [5, 5.41) is 23.0. The highest BCUT2D eigenvalue weighted by molar-refractivity contribution is 5.76. The number of amides is 1. The van der Waals surface area contributed by atoms with Gasteiger partial charge in [-0.2, -0.15) is 0 Å². The molecule has 0 heterocycles. The van der Waals surface area contributed by atoms with E-state index in [-0.39, 0.29) is 18.5 Å². The van der Waals surface area contributed by atoms with Crippen LogP contribution in [0.3, 0.4) is 0 Å². The zero-order valence-electron chi connectivity index (χ0n) is 38.3. The Labute approximate surface area is 359 Å². The number of aliphatic hydroxyl groups is 2. The molecule has 0 saturated carbocycles. The Morgan fingerprint density at radius 3 is 1.34 bits per heavy atom. The van der Waals surface area contributed by atoms with Gasteiger partial charge in [-0.1, -0.05) is 184 Å². The lowest BCUT2D eigenvalue weighted by molar-refractivity contribution is -0.143. The number of hydrogen-bond donors (Lipinski definition) is 3. The molecule has 0 saturated heterocycles. The third kappa shape index (κ3) is 43.4. The predicted octanol–water partition coefficient (Wildman–Crippen LogP) is 14.7. The Morgan fingerprint density at radius 2 is 0.862 bits per heavy atom. The lowest BCUT2D eigenvalue weighted by Gasteiger charge is -2.20. The summed E-state index contributed by atoms with van der Waals surface area (Å²) in [6, 6.07) is -0.647. The van der Waals surface area contributed by atoms with Gasteiger partial charge in [-0.15, -0.1) is 0 Å². The van der Waals surface area contributed by atoms with Crippen LogP contribution in [0.15, 0.2) is 48.6 Å². The van der Waals surface area contributed by atoms with E-state index in [2.05, 4.69) is 55.6 Å². The van der Waals surface area contributed by atoms with Gasteiger partial charge in [0.15, 0.2) is 0 Å². The van der Waals surface area contributed by atoms with E-state index in [4.69, 9.17) is 4.74 Å². The number of aliphatic hydroxyl groups excluding tert-OH is 2. The molecule has 3 N–H and O–H groups in total. The standard InChI is InChI=1S/C52H95NO5/c1-3-5-7-9-11-13-15-17-18-19-21-26-30-34-38-42-46-52(57)58-47-43-39-35-31-27-23-22-25-29-33-37-41-45-51(56)53-49(48-54)50(55)44-40-36-32-28-24-20-16-14-12-10-8-6-4-2/h13,15,18-19,23,27,40,44,49-50,54-55H,3-12,14,16-17,20-22,24-26,28-39,41-43,45-48H2,1-2H3,(H,53,56)/b15-13-,19-18-,27-23-,44-40+. The third-order valence-electron chi connectivity index (χ3n) is 11.1. The molecule has 0 spiro atoms. The van der Waals surface area contributed by atoms with E-state index in [1.807, 2.05) is 6.08 Å². The van der Waals surface area contributed by atoms with Crippen molar-refractivity contribution < 1.29 is 24.5 Å². The molecule has 6 nitrogen and oxygen atoms in total. The lowest BCUT2D eigenvalue weighted by Crippen LogP contribution is -2.45. The van der Waals surface area contributed by atoms with Crippen LogP contribution in [0.25, 0.3) is 0 Å². The number of carbonyl (C=O) groups excluding carboxylic acids is 2. The fraction of sp³-hybridized carbons (Fsp3) is 0.808. The van der Waals surface area contributed by atoms with E-state index in [9.17, 15) is 19.8 Å². The molecule has 0 aliphatic carbocycles. The Balaban J connectivity index is 3.56. The molecule has 1 amide bonds. The molecule has 0 aromatic rings. The first kappa shape index (κ1) is 55.8. The number of nitrogens with one attached hydrogen (secondary N) is 1. The van der Waals surface area contributed by atoms with Crippen LogP contribution in [0.1, 0.15) is 245 Å². The largest absolute Gasteiger partial charge is 0.466 e. The molecular weight excluding hydrogens is 719 g/mol. The number of esters is 1. The highest BCUT2D eigenvalue weighted by atomic mass is 16.5. The number of carbonyl (C=O) groups is 2. The summed E-state index contributed by atoms with van der Waals surface area (Å²) in [4.78, 5) is 24.4. The molecule has 0 aromatic heterocycles. The quantitative estimate of drug-likeness (QED) is 0.0323. The normalized spacial score (nSPS) is 13.1. The molecule has 0 aliphatic rings. The Morgan fingerprint density at radius 1 is 0.483 bits per heavy atom. The molecular formula is C52H95NO5. The van der Waals surface area contributed by atoms with Gasteiger partial charge in [0.05, 0.1) is 25.4 Å². The van der Waals surface area contributed by atoms with E-state index >= 15 is 0 Å². The molecule has 0 rings (SSSR count). The lowest BCUT2D eigenvalue weighted by atomic mass is 10.0. The second kappa shape index (κ2) is 47.5. The van der Waals surface area contributed by atoms with E-state index in [1.165, 1.54) is 116 Å². The minimum Gasteiger partial charge on any atom is -0.466 e. The van der Waals surface area contributed by atoms with E-state index in [0.29, 0.717) is 19.4 Å². The number of ether oxygens (including phenoxy) is 1. The summed E-state index contributed by atoms with van der Waals surface area (Å²) in [5.74, 6) is -0.136. The minimum absolute atomic E-state index is 0.0390. The van der Waals surface area contributed by atoms with Gasteiger partial charge < -0.3 is 20.3 Å². The van der Waals surface area contributed by atoms with E-state index in [0.717, 1.165) is 103 Å². The minimum atomic E-state index is -0.861. The molecule has 2 unspecified atom stereocenters. The Hall–Kier alpha value is -2.18. The van der Waals surface area contributed by atoms with Gasteiger partial charge in [0.1, 0.15) is 0 Å². The van der Waals surface area contributed by atoms with Crippen molar-refractivity contribution in [1.82, 2.24) is 5.32 Å². The van der Waals surface area contributed by atoms with Gasteiger partial charge in [-0.25, -0.2) is 0 Å². The van der Waals surface area contributed by atoms with Gasteiger partial charge in [0.25, 0.3) is 0 Å². The van der Waals surface area contributed by atoms with Crippen LogP contribution in [-0.4, -0.2) is 47.4 Å². The summed E-state index contributed by atoms with van der Waals surface area (Å²) in [5.41, 5.74) is 0. The van der Waals surface area contributed by atoms with Crippen LogP contribution in [0.5, 0.6) is 0 Å². The highest BCUT2D eigenvalue weighted by Gasteiger charge is 2.18. The second-order valence-electron chi connectivity index (χ2n) is 16.8. The smallest absolute Gasteiger partial charge is 0.305 e. The van der Waals surface area contributed by atoms with Gasteiger partial charge in [-0.3, -0.25) is 9.59 Å². The maximum Gasteiger partial charge on any atom is 0.305 e. The summed E-state index contributed by atoms with van der Waals surface area (Å²) >= 11 is 0. The zero-order valence-corrected chi connectivity index (χ0v) is 38.3. The van der Waals surface area contributed by atoms with E-state index in [1.54, 1.807) is 6.08 Å². The van der Waals surface area contributed by atoms with Gasteiger partial charge in [0.2, 0.25) is 5.91 Å². The predicted molar refractivity (Wildman–Crippen MR) is 250 cm³/mol. The van der Waals surface area contributed by atoms with Crippen LogP contribution < -0.4 is 5.32 Å². The maximum absolute atomic E-state index is 12.4. The first-order valence-electron chi connectivity index (χ1n) is 24.9. The number of hydrogen-bond acceptors (Lipinski definition) is 5. The van der Waals surface area contributed by atoms with Crippen molar-refractivity contribution in [3.8, 4) is 0 Å².